The van der Waals surface area contributed by atoms with Crippen LogP contribution in [0, 0.1) is 0 Å². The molecule has 36 heavy (non-hydrogen) atoms. The molecular formula is C24H28N4O8. The number of nitrogens with one attached hydrogen (secondary N) is 3. The smallest absolute Gasteiger partial charge is 0.322 e. The Morgan fingerprint density at radius 2 is 1.31 bits per heavy atom. The monoisotopic (exact) mass is 500 g/mol. The van der Waals surface area contributed by atoms with Gasteiger partial charge in [0.2, 0.25) is 17.7 Å². The van der Waals surface area contributed by atoms with Gasteiger partial charge in [-0.25, -0.2) is 0 Å². The fourth-order valence-electron chi connectivity index (χ4n) is 3.26. The van der Waals surface area contributed by atoms with Crippen LogP contribution in [-0.4, -0.2) is 69.7 Å². The van der Waals surface area contributed by atoms with Crippen molar-refractivity contribution in [2.45, 2.75) is 37.4 Å². The summed E-state index contributed by atoms with van der Waals surface area (Å²) in [5, 5.41) is 34.2. The van der Waals surface area contributed by atoms with E-state index in [1.54, 1.807) is 24.3 Å². The minimum Gasteiger partial charge on any atom is -0.508 e. The zero-order valence-electron chi connectivity index (χ0n) is 19.2. The van der Waals surface area contributed by atoms with Gasteiger partial charge in [-0.15, -0.1) is 0 Å². The lowest BCUT2D eigenvalue weighted by Crippen LogP contribution is -2.57. The number of hydrogen-bond donors (Lipinski definition) is 7. The number of aliphatic carboxylic acids is 2. The average molecular weight is 501 g/mol. The van der Waals surface area contributed by atoms with Crippen molar-refractivity contribution in [3.05, 3.63) is 65.7 Å². The van der Waals surface area contributed by atoms with Crippen LogP contribution in [0.15, 0.2) is 54.6 Å². The van der Waals surface area contributed by atoms with E-state index >= 15 is 0 Å². The Labute approximate surface area is 206 Å². The van der Waals surface area contributed by atoms with Gasteiger partial charge in [0.05, 0.1) is 12.5 Å². The molecule has 0 aromatic heterocycles. The molecule has 0 saturated carbocycles. The normalized spacial score (nSPS) is 13.0. The van der Waals surface area contributed by atoms with E-state index in [4.69, 9.17) is 15.9 Å². The lowest BCUT2D eigenvalue weighted by molar-refractivity contribution is -0.141. The van der Waals surface area contributed by atoms with E-state index in [2.05, 4.69) is 10.6 Å². The van der Waals surface area contributed by atoms with Gasteiger partial charge in [0, 0.05) is 6.42 Å². The van der Waals surface area contributed by atoms with E-state index in [-0.39, 0.29) is 18.6 Å². The third kappa shape index (κ3) is 9.43. The molecular weight excluding hydrogens is 472 g/mol. The predicted octanol–water partition coefficient (Wildman–Crippen LogP) is -0.850. The molecule has 0 saturated heterocycles. The van der Waals surface area contributed by atoms with Crippen molar-refractivity contribution in [1.82, 2.24) is 16.0 Å². The Hall–Kier alpha value is -4.45. The Kier molecular flexibility index (Phi) is 10.4. The number of hydrogen-bond acceptors (Lipinski definition) is 7. The lowest BCUT2D eigenvalue weighted by Gasteiger charge is -2.23. The summed E-state index contributed by atoms with van der Waals surface area (Å²) in [6.07, 6.45) is -0.684. The summed E-state index contributed by atoms with van der Waals surface area (Å²) in [7, 11) is 0. The molecule has 3 amide bonds. The van der Waals surface area contributed by atoms with Gasteiger partial charge in [-0.2, -0.15) is 0 Å². The second kappa shape index (κ2) is 13.4. The number of amides is 3. The van der Waals surface area contributed by atoms with Crippen molar-refractivity contribution in [3.63, 3.8) is 0 Å². The standard InChI is InChI=1S/C24H28N4O8/c25-17(10-14-4-2-1-3-5-14)22(34)27-18(11-15-6-8-16(29)9-7-15)24(36)28-19(12-20(30)31)23(35)26-13-21(32)33/h1-9,17-19,29H,10-13,25H2,(H,26,35)(H,27,34)(H,28,36)(H,30,31)(H,32,33). The average Bonchev–Trinajstić information content (AvgIpc) is 2.83. The molecule has 2 rings (SSSR count). The molecule has 2 aromatic rings. The molecule has 8 N–H and O–H groups in total. The van der Waals surface area contributed by atoms with E-state index in [1.807, 2.05) is 11.4 Å². The molecule has 0 aliphatic heterocycles. The Bertz CT molecular complexity index is 1080. The molecule has 0 bridgehead atoms. The van der Waals surface area contributed by atoms with Crippen molar-refractivity contribution in [2.75, 3.05) is 6.54 Å². The SMILES string of the molecule is NC(Cc1ccccc1)C(=O)NC(Cc1ccc(O)cc1)C(=O)NC(CC(=O)O)C(=O)NCC(=O)O. The van der Waals surface area contributed by atoms with Crippen molar-refractivity contribution >= 4 is 29.7 Å². The first-order valence-corrected chi connectivity index (χ1v) is 10.9. The van der Waals surface area contributed by atoms with Gasteiger partial charge >= 0.3 is 11.9 Å². The molecule has 0 heterocycles. The van der Waals surface area contributed by atoms with E-state index in [0.717, 1.165) is 5.56 Å². The van der Waals surface area contributed by atoms with Crippen LogP contribution < -0.4 is 21.7 Å². The highest BCUT2D eigenvalue weighted by atomic mass is 16.4. The molecule has 0 radical (unpaired) electrons. The van der Waals surface area contributed by atoms with Gasteiger partial charge in [-0.3, -0.25) is 24.0 Å². The quantitative estimate of drug-likeness (QED) is 0.182. The van der Waals surface area contributed by atoms with Gasteiger partial charge in [0.1, 0.15) is 24.4 Å². The second-order valence-electron chi connectivity index (χ2n) is 8.00. The highest BCUT2D eigenvalue weighted by Gasteiger charge is 2.30. The first kappa shape index (κ1) is 27.8. The number of carboxylic acid groups (broad SMARTS) is 2. The van der Waals surface area contributed by atoms with Gasteiger partial charge in [-0.1, -0.05) is 42.5 Å². The van der Waals surface area contributed by atoms with Crippen LogP contribution in [0.3, 0.4) is 0 Å². The first-order valence-electron chi connectivity index (χ1n) is 10.9. The maximum atomic E-state index is 13.1. The summed E-state index contributed by atoms with van der Waals surface area (Å²) in [5.74, 6) is -5.31. The Balaban J connectivity index is 2.19. The summed E-state index contributed by atoms with van der Waals surface area (Å²) >= 11 is 0. The molecule has 192 valence electrons. The topological polar surface area (TPSA) is 208 Å². The van der Waals surface area contributed by atoms with Crippen LogP contribution >= 0.6 is 0 Å². The highest BCUT2D eigenvalue weighted by Crippen LogP contribution is 2.12. The molecule has 3 unspecified atom stereocenters. The Morgan fingerprint density at radius 1 is 0.722 bits per heavy atom. The number of carbonyl (C=O) groups is 5. The van der Waals surface area contributed by atoms with Gasteiger partial charge in [0.25, 0.3) is 0 Å². The maximum Gasteiger partial charge on any atom is 0.322 e. The minimum atomic E-state index is -1.59. The number of aromatic hydroxyl groups is 1. The predicted molar refractivity (Wildman–Crippen MR) is 127 cm³/mol. The molecule has 2 aromatic carbocycles. The van der Waals surface area contributed by atoms with Crippen LogP contribution in [-0.2, 0) is 36.8 Å². The number of carbonyl (C=O) groups excluding carboxylic acids is 3. The second-order valence-corrected chi connectivity index (χ2v) is 8.00. The van der Waals surface area contributed by atoms with E-state index in [0.29, 0.717) is 5.56 Å². The number of carboxylic acids is 2. The van der Waals surface area contributed by atoms with Crippen LogP contribution in [0.4, 0.5) is 0 Å². The zero-order chi connectivity index (χ0) is 26.7. The van der Waals surface area contributed by atoms with E-state index < -0.39 is 60.8 Å². The molecule has 3 atom stereocenters. The molecule has 0 aliphatic carbocycles. The molecule has 0 aliphatic rings. The van der Waals surface area contributed by atoms with Crippen LogP contribution in [0.1, 0.15) is 17.5 Å². The van der Waals surface area contributed by atoms with Crippen LogP contribution in [0.25, 0.3) is 0 Å². The lowest BCUT2D eigenvalue weighted by atomic mass is 10.0. The summed E-state index contributed by atoms with van der Waals surface area (Å²) in [4.78, 5) is 60.1. The molecule has 0 fully saturated rings. The van der Waals surface area contributed by atoms with E-state index in [1.165, 1.54) is 24.3 Å². The van der Waals surface area contributed by atoms with Gasteiger partial charge < -0.3 is 37.0 Å². The van der Waals surface area contributed by atoms with E-state index in [9.17, 15) is 29.1 Å². The third-order valence-electron chi connectivity index (χ3n) is 5.07. The fraction of sp³-hybridized carbons (Fsp3) is 0.292. The minimum absolute atomic E-state index is 0.00899. The fourth-order valence-corrected chi connectivity index (χ4v) is 3.26. The first-order chi connectivity index (χ1) is 17.0. The number of nitrogens with two attached hydrogens (primary N) is 1. The molecule has 12 nitrogen and oxygen atoms in total. The molecule has 12 heteroatoms. The van der Waals surface area contributed by atoms with Gasteiger partial charge in [0.15, 0.2) is 0 Å². The summed E-state index contributed by atoms with van der Waals surface area (Å²) < 4.78 is 0. The van der Waals surface area contributed by atoms with Gasteiger partial charge in [-0.05, 0) is 29.7 Å². The van der Waals surface area contributed by atoms with Crippen molar-refractivity contribution in [1.29, 1.82) is 0 Å². The number of rotatable bonds is 13. The highest BCUT2D eigenvalue weighted by molar-refractivity contribution is 5.95. The van der Waals surface area contributed by atoms with Crippen molar-refractivity contribution in [2.24, 2.45) is 5.73 Å². The number of benzene rings is 2. The molecule has 0 spiro atoms. The van der Waals surface area contributed by atoms with Crippen LogP contribution in [0.5, 0.6) is 5.75 Å². The summed E-state index contributed by atoms with van der Waals surface area (Å²) in [5.41, 5.74) is 7.37. The summed E-state index contributed by atoms with van der Waals surface area (Å²) in [6.45, 7) is -0.771. The third-order valence-corrected chi connectivity index (χ3v) is 5.07. The number of phenolic OH excluding ortho intramolecular Hbond substituents is 1. The Morgan fingerprint density at radius 3 is 1.89 bits per heavy atom. The number of phenols is 1. The zero-order valence-corrected chi connectivity index (χ0v) is 19.2. The largest absolute Gasteiger partial charge is 0.508 e. The van der Waals surface area contributed by atoms with Crippen molar-refractivity contribution < 1.29 is 39.3 Å². The maximum absolute atomic E-state index is 13.1. The van der Waals surface area contributed by atoms with Crippen LogP contribution in [0.2, 0.25) is 0 Å². The van der Waals surface area contributed by atoms with Crippen molar-refractivity contribution in [3.8, 4) is 5.75 Å². The summed E-state index contributed by atoms with van der Waals surface area (Å²) in [6, 6.07) is 11.0.